The highest BCUT2D eigenvalue weighted by Crippen LogP contribution is 2.27. The second-order valence-electron chi connectivity index (χ2n) is 7.44. The summed E-state index contributed by atoms with van der Waals surface area (Å²) in [5, 5.41) is 0. The number of benzene rings is 2. The summed E-state index contributed by atoms with van der Waals surface area (Å²) in [5.41, 5.74) is 6.49. The van der Waals surface area contributed by atoms with Crippen molar-refractivity contribution in [2.24, 2.45) is 4.99 Å². The molecule has 0 aromatic heterocycles. The van der Waals surface area contributed by atoms with E-state index in [0.29, 0.717) is 6.61 Å². The van der Waals surface area contributed by atoms with E-state index in [0.717, 1.165) is 31.6 Å². The minimum Gasteiger partial charge on any atom is -0.475 e. The van der Waals surface area contributed by atoms with E-state index in [-0.39, 0.29) is 5.54 Å². The van der Waals surface area contributed by atoms with Crippen molar-refractivity contribution < 1.29 is 4.74 Å². The van der Waals surface area contributed by atoms with Crippen molar-refractivity contribution in [3.63, 3.8) is 0 Å². The van der Waals surface area contributed by atoms with E-state index in [1.165, 1.54) is 32.3 Å². The van der Waals surface area contributed by atoms with Gasteiger partial charge in [-0.3, -0.25) is 0 Å². The lowest BCUT2D eigenvalue weighted by Crippen LogP contribution is -2.17. The molecule has 2 aromatic rings. The Hall–Kier alpha value is -1.61. The molecule has 1 heterocycles. The van der Waals surface area contributed by atoms with Gasteiger partial charge in [-0.05, 0) is 73.9 Å². The zero-order valence-corrected chi connectivity index (χ0v) is 15.8. The molecule has 7 rings (SSSR count). The third kappa shape index (κ3) is 3.14. The largest absolute Gasteiger partial charge is 0.475 e. The molecule has 1 aliphatic heterocycles. The third-order valence-electron chi connectivity index (χ3n) is 4.85. The number of aryl methyl sites for hydroxylation is 4. The van der Waals surface area contributed by atoms with Gasteiger partial charge in [-0.15, -0.1) is 0 Å². The number of hydrogen-bond donors (Lipinski definition) is 0. The van der Waals surface area contributed by atoms with Crippen molar-refractivity contribution >= 4 is 21.8 Å². The molecule has 0 spiro atoms. The zero-order chi connectivity index (χ0) is 16.7. The number of rotatable bonds is 1. The molecule has 4 aliphatic carbocycles. The van der Waals surface area contributed by atoms with Gasteiger partial charge in [0.05, 0.1) is 5.54 Å². The van der Waals surface area contributed by atoms with Crippen LogP contribution in [-0.4, -0.2) is 18.0 Å². The molecule has 3 heteroatoms. The number of nitrogens with zero attached hydrogens (tertiary/aromatic N) is 1. The van der Waals surface area contributed by atoms with Crippen LogP contribution in [-0.2, 0) is 30.4 Å². The third-order valence-corrected chi connectivity index (χ3v) is 5.59. The first kappa shape index (κ1) is 15.9. The molecule has 2 nitrogen and oxygen atoms in total. The Kier molecular flexibility index (Phi) is 4.00. The van der Waals surface area contributed by atoms with Crippen LogP contribution in [0.15, 0.2) is 45.9 Å². The first-order chi connectivity index (χ1) is 11.5. The molecule has 0 saturated heterocycles. The normalized spacial score (nSPS) is 18.7. The summed E-state index contributed by atoms with van der Waals surface area (Å²) < 4.78 is 7.16. The van der Waals surface area contributed by atoms with Crippen LogP contribution >= 0.6 is 15.9 Å². The second kappa shape index (κ2) is 6.03. The van der Waals surface area contributed by atoms with Crippen LogP contribution in [0.25, 0.3) is 0 Å². The van der Waals surface area contributed by atoms with Gasteiger partial charge < -0.3 is 4.74 Å². The predicted molar refractivity (Wildman–Crippen MR) is 102 cm³/mol. The molecule has 0 amide bonds. The standard InChI is InChI=1S/C21H22BrNO/c1-21(2)13-24-20(23-21)18-11-14-3-4-15-6-8-17(19(22)12-15)10-9-16(18)7-5-14/h5-8,11-12H,3-4,9-10,13H2,1-2H3. The van der Waals surface area contributed by atoms with Crippen molar-refractivity contribution in [2.45, 2.75) is 45.1 Å². The lowest BCUT2D eigenvalue weighted by atomic mass is 9.93. The van der Waals surface area contributed by atoms with Gasteiger partial charge in [0.2, 0.25) is 5.90 Å². The number of ether oxygens (including phenoxy) is 1. The molecule has 0 N–H and O–H groups in total. The minimum atomic E-state index is -0.119. The molecule has 2 aromatic carbocycles. The molecular weight excluding hydrogens is 362 g/mol. The monoisotopic (exact) mass is 383 g/mol. The van der Waals surface area contributed by atoms with Crippen LogP contribution in [0.2, 0.25) is 0 Å². The maximum Gasteiger partial charge on any atom is 0.217 e. The Morgan fingerprint density at radius 3 is 2.25 bits per heavy atom. The molecule has 4 bridgehead atoms. The summed E-state index contributed by atoms with van der Waals surface area (Å²) in [6, 6.07) is 13.6. The van der Waals surface area contributed by atoms with E-state index < -0.39 is 0 Å². The number of aliphatic imine (C=N–C) groups is 1. The predicted octanol–water partition coefficient (Wildman–Crippen LogP) is 4.89. The average molecular weight is 384 g/mol. The summed E-state index contributed by atoms with van der Waals surface area (Å²) in [6.07, 6.45) is 4.10. The molecule has 24 heavy (non-hydrogen) atoms. The lowest BCUT2D eigenvalue weighted by Gasteiger charge is -2.15. The van der Waals surface area contributed by atoms with Crippen LogP contribution in [0.4, 0.5) is 0 Å². The molecule has 0 radical (unpaired) electrons. The summed E-state index contributed by atoms with van der Waals surface area (Å²) in [6.45, 7) is 4.92. The fraction of sp³-hybridized carbons (Fsp3) is 0.381. The molecule has 124 valence electrons. The van der Waals surface area contributed by atoms with Crippen molar-refractivity contribution in [1.29, 1.82) is 0 Å². The molecule has 0 atom stereocenters. The Bertz CT molecular complexity index is 823. The Morgan fingerprint density at radius 2 is 1.58 bits per heavy atom. The van der Waals surface area contributed by atoms with Crippen LogP contribution in [0.1, 0.15) is 41.7 Å². The first-order valence-corrected chi connectivity index (χ1v) is 9.42. The highest BCUT2D eigenvalue weighted by molar-refractivity contribution is 9.10. The molecule has 0 unspecified atom stereocenters. The topological polar surface area (TPSA) is 21.6 Å². The van der Waals surface area contributed by atoms with Gasteiger partial charge in [-0.1, -0.05) is 40.2 Å². The van der Waals surface area contributed by atoms with Crippen molar-refractivity contribution in [3.05, 3.63) is 68.7 Å². The van der Waals surface area contributed by atoms with Gasteiger partial charge in [-0.2, -0.15) is 0 Å². The zero-order valence-electron chi connectivity index (χ0n) is 14.2. The summed E-state index contributed by atoms with van der Waals surface area (Å²) in [5.74, 6) is 0.821. The second-order valence-corrected chi connectivity index (χ2v) is 8.29. The SMILES string of the molecule is CC1(C)COC(c2cc3ccc2CCc2ccc(cc2Br)CC3)=N1. The van der Waals surface area contributed by atoms with Crippen molar-refractivity contribution in [3.8, 4) is 0 Å². The van der Waals surface area contributed by atoms with Gasteiger partial charge in [0.1, 0.15) is 6.61 Å². The highest BCUT2D eigenvalue weighted by Gasteiger charge is 2.28. The summed E-state index contributed by atoms with van der Waals surface area (Å²) in [4.78, 5) is 4.81. The van der Waals surface area contributed by atoms with E-state index >= 15 is 0 Å². The molecule has 0 fully saturated rings. The van der Waals surface area contributed by atoms with Crippen LogP contribution in [0.3, 0.4) is 0 Å². The fourth-order valence-electron chi connectivity index (χ4n) is 3.43. The van der Waals surface area contributed by atoms with E-state index in [9.17, 15) is 0 Å². The number of halogens is 1. The van der Waals surface area contributed by atoms with Crippen LogP contribution in [0.5, 0.6) is 0 Å². The van der Waals surface area contributed by atoms with Gasteiger partial charge in [0.25, 0.3) is 0 Å². The minimum absolute atomic E-state index is 0.119. The van der Waals surface area contributed by atoms with E-state index in [4.69, 9.17) is 9.73 Å². The van der Waals surface area contributed by atoms with Gasteiger partial charge >= 0.3 is 0 Å². The smallest absolute Gasteiger partial charge is 0.217 e. The fourth-order valence-corrected chi connectivity index (χ4v) is 4.05. The molecule has 5 aliphatic rings. The van der Waals surface area contributed by atoms with Crippen LogP contribution < -0.4 is 0 Å². The molecule has 0 saturated carbocycles. The van der Waals surface area contributed by atoms with Crippen LogP contribution in [0, 0.1) is 0 Å². The average Bonchev–Trinajstić information content (AvgIpc) is 2.90. The highest BCUT2D eigenvalue weighted by atomic mass is 79.9. The van der Waals surface area contributed by atoms with Crippen molar-refractivity contribution in [2.75, 3.05) is 6.61 Å². The lowest BCUT2D eigenvalue weighted by molar-refractivity contribution is 0.279. The number of hydrogen-bond acceptors (Lipinski definition) is 2. The van der Waals surface area contributed by atoms with E-state index in [2.05, 4.69) is 66.2 Å². The van der Waals surface area contributed by atoms with Gasteiger partial charge in [0.15, 0.2) is 0 Å². The maximum atomic E-state index is 5.93. The van der Waals surface area contributed by atoms with E-state index in [1.54, 1.807) is 0 Å². The summed E-state index contributed by atoms with van der Waals surface area (Å²) >= 11 is 3.74. The van der Waals surface area contributed by atoms with Crippen molar-refractivity contribution in [1.82, 2.24) is 0 Å². The summed E-state index contributed by atoms with van der Waals surface area (Å²) in [7, 11) is 0. The Morgan fingerprint density at radius 1 is 0.917 bits per heavy atom. The Labute approximate surface area is 152 Å². The maximum absolute atomic E-state index is 5.93. The Balaban J connectivity index is 1.76. The quantitative estimate of drug-likeness (QED) is 0.686. The molecular formula is C21H22BrNO. The first-order valence-electron chi connectivity index (χ1n) is 8.62. The van der Waals surface area contributed by atoms with E-state index in [1.807, 2.05) is 0 Å². The van der Waals surface area contributed by atoms with Gasteiger partial charge in [0, 0.05) is 10.0 Å². The van der Waals surface area contributed by atoms with Gasteiger partial charge in [-0.25, -0.2) is 4.99 Å².